The van der Waals surface area contributed by atoms with Crippen LogP contribution in [0.3, 0.4) is 0 Å². The summed E-state index contributed by atoms with van der Waals surface area (Å²) in [6.45, 7) is 2.81. The van der Waals surface area contributed by atoms with E-state index in [1.54, 1.807) is 38.6 Å². The number of hydrogen-bond acceptors (Lipinski definition) is 5. The highest BCUT2D eigenvalue weighted by Gasteiger charge is 2.03. The molecule has 0 saturated carbocycles. The first-order valence-corrected chi connectivity index (χ1v) is 8.59. The Labute approximate surface area is 154 Å². The fourth-order valence-corrected chi connectivity index (χ4v) is 2.25. The van der Waals surface area contributed by atoms with E-state index < -0.39 is 0 Å². The highest BCUT2D eigenvalue weighted by Crippen LogP contribution is 2.25. The van der Waals surface area contributed by atoms with E-state index in [2.05, 4.69) is 12.2 Å². The molecule has 2 aromatic carbocycles. The molecule has 0 aliphatic rings. The minimum absolute atomic E-state index is 0.0903. The maximum Gasteiger partial charge on any atom is 0.187 e. The van der Waals surface area contributed by atoms with Crippen LogP contribution in [0, 0.1) is 0 Å². The third kappa shape index (κ3) is 5.84. The van der Waals surface area contributed by atoms with Gasteiger partial charge in [-0.15, -0.1) is 0 Å². The first kappa shape index (κ1) is 19.4. The van der Waals surface area contributed by atoms with Crippen LogP contribution in [-0.4, -0.2) is 26.6 Å². The van der Waals surface area contributed by atoms with Gasteiger partial charge in [0.15, 0.2) is 5.78 Å². The maximum absolute atomic E-state index is 12.2. The average molecular weight is 355 g/mol. The minimum Gasteiger partial charge on any atom is -0.497 e. The highest BCUT2D eigenvalue weighted by molar-refractivity contribution is 6.04. The van der Waals surface area contributed by atoms with Crippen molar-refractivity contribution in [2.75, 3.05) is 26.1 Å². The van der Waals surface area contributed by atoms with Crippen LogP contribution < -0.4 is 19.5 Å². The molecule has 1 N–H and O–H groups in total. The molecule has 0 radical (unpaired) electrons. The standard InChI is InChI=1S/C21H25NO4/c1-4-5-12-26-18-8-6-16(7-9-18)21(23)10-11-22-17-13-19(24-2)15-20(14-17)25-3/h6-11,13-15,22H,4-5,12H2,1-3H3. The summed E-state index contributed by atoms with van der Waals surface area (Å²) in [7, 11) is 3.18. The Morgan fingerprint density at radius 2 is 1.65 bits per heavy atom. The molecule has 0 unspecified atom stereocenters. The number of anilines is 1. The number of carbonyl (C=O) groups is 1. The molecule has 26 heavy (non-hydrogen) atoms. The van der Waals surface area contributed by atoms with E-state index in [-0.39, 0.29) is 5.78 Å². The van der Waals surface area contributed by atoms with Crippen molar-refractivity contribution >= 4 is 11.5 Å². The molecule has 138 valence electrons. The van der Waals surface area contributed by atoms with Crippen LogP contribution in [0.2, 0.25) is 0 Å². The van der Waals surface area contributed by atoms with E-state index in [0.29, 0.717) is 23.7 Å². The first-order chi connectivity index (χ1) is 12.7. The van der Waals surface area contributed by atoms with Crippen LogP contribution in [-0.2, 0) is 0 Å². The molecule has 0 heterocycles. The van der Waals surface area contributed by atoms with E-state index in [4.69, 9.17) is 14.2 Å². The third-order valence-corrected chi connectivity index (χ3v) is 3.74. The van der Waals surface area contributed by atoms with Gasteiger partial charge < -0.3 is 19.5 Å². The van der Waals surface area contributed by atoms with Crippen molar-refractivity contribution in [1.82, 2.24) is 0 Å². The molecule has 5 nitrogen and oxygen atoms in total. The number of rotatable bonds is 10. The van der Waals surface area contributed by atoms with Gasteiger partial charge in [-0.05, 0) is 30.7 Å². The van der Waals surface area contributed by atoms with Crippen LogP contribution in [0.15, 0.2) is 54.7 Å². The number of unbranched alkanes of at least 4 members (excludes halogenated alkanes) is 1. The van der Waals surface area contributed by atoms with Crippen molar-refractivity contribution in [2.24, 2.45) is 0 Å². The Balaban J connectivity index is 1.94. The topological polar surface area (TPSA) is 56.8 Å². The second kappa shape index (κ2) is 10.1. The van der Waals surface area contributed by atoms with E-state index >= 15 is 0 Å². The molecule has 0 fully saturated rings. The predicted molar refractivity (Wildman–Crippen MR) is 103 cm³/mol. The highest BCUT2D eigenvalue weighted by atomic mass is 16.5. The molecule has 2 aromatic rings. The van der Waals surface area contributed by atoms with Gasteiger partial charge in [0.2, 0.25) is 0 Å². The van der Waals surface area contributed by atoms with E-state index in [9.17, 15) is 4.79 Å². The molecule has 5 heteroatoms. The number of methoxy groups -OCH3 is 2. The lowest BCUT2D eigenvalue weighted by atomic mass is 10.1. The quantitative estimate of drug-likeness (QED) is 0.381. The van der Waals surface area contributed by atoms with Crippen molar-refractivity contribution in [1.29, 1.82) is 0 Å². The van der Waals surface area contributed by atoms with Crippen molar-refractivity contribution in [3.8, 4) is 17.2 Å². The molecule has 0 saturated heterocycles. The summed E-state index contributed by atoms with van der Waals surface area (Å²) in [6, 6.07) is 12.6. The number of ether oxygens (including phenoxy) is 3. The van der Waals surface area contributed by atoms with Crippen molar-refractivity contribution in [3.05, 3.63) is 60.3 Å². The summed E-state index contributed by atoms with van der Waals surface area (Å²) in [6.07, 6.45) is 5.19. The molecule has 0 atom stereocenters. The molecular formula is C21H25NO4. The first-order valence-electron chi connectivity index (χ1n) is 8.59. The number of ketones is 1. The van der Waals surface area contributed by atoms with Crippen molar-refractivity contribution < 1.29 is 19.0 Å². The van der Waals surface area contributed by atoms with Gasteiger partial charge in [-0.1, -0.05) is 13.3 Å². The number of benzene rings is 2. The van der Waals surface area contributed by atoms with Gasteiger partial charge in [0.05, 0.1) is 20.8 Å². The van der Waals surface area contributed by atoms with Crippen molar-refractivity contribution in [3.63, 3.8) is 0 Å². The molecule has 0 bridgehead atoms. The van der Waals surface area contributed by atoms with Gasteiger partial charge in [0.1, 0.15) is 17.2 Å². The number of carbonyl (C=O) groups excluding carboxylic acids is 1. The summed E-state index contributed by atoms with van der Waals surface area (Å²) in [5.74, 6) is 2.03. The zero-order valence-corrected chi connectivity index (χ0v) is 15.5. The van der Waals surface area contributed by atoms with Crippen LogP contribution in [0.4, 0.5) is 5.69 Å². The fraction of sp³-hybridized carbons (Fsp3) is 0.286. The van der Waals surface area contributed by atoms with Gasteiger partial charge in [-0.2, -0.15) is 0 Å². The van der Waals surface area contributed by atoms with Crippen LogP contribution >= 0.6 is 0 Å². The summed E-state index contributed by atoms with van der Waals surface area (Å²) >= 11 is 0. The SMILES string of the molecule is CCCCOc1ccc(C(=O)C=CNc2cc(OC)cc(OC)c2)cc1. The lowest BCUT2D eigenvalue weighted by Gasteiger charge is -2.08. The van der Waals surface area contributed by atoms with Gasteiger partial charge in [0, 0.05) is 41.7 Å². The van der Waals surface area contributed by atoms with Gasteiger partial charge in [-0.25, -0.2) is 0 Å². The molecule has 0 amide bonds. The Hall–Kier alpha value is -2.95. The summed E-state index contributed by atoms with van der Waals surface area (Å²) in [5, 5.41) is 3.05. The van der Waals surface area contributed by atoms with Crippen LogP contribution in [0.1, 0.15) is 30.1 Å². The minimum atomic E-state index is -0.0903. The van der Waals surface area contributed by atoms with E-state index in [1.165, 1.54) is 6.08 Å². The molecule has 0 aliphatic carbocycles. The summed E-state index contributed by atoms with van der Waals surface area (Å²) < 4.78 is 16.0. The number of hydrogen-bond donors (Lipinski definition) is 1. The number of allylic oxidation sites excluding steroid dienone is 1. The Bertz CT molecular complexity index is 716. The lowest BCUT2D eigenvalue weighted by Crippen LogP contribution is -1.99. The smallest absolute Gasteiger partial charge is 0.187 e. The van der Waals surface area contributed by atoms with Crippen molar-refractivity contribution in [2.45, 2.75) is 19.8 Å². The average Bonchev–Trinajstić information content (AvgIpc) is 2.68. The van der Waals surface area contributed by atoms with Crippen LogP contribution in [0.25, 0.3) is 0 Å². The fourth-order valence-electron chi connectivity index (χ4n) is 2.25. The molecule has 0 aromatic heterocycles. The Morgan fingerprint density at radius 3 is 2.23 bits per heavy atom. The van der Waals surface area contributed by atoms with Gasteiger partial charge >= 0.3 is 0 Å². The number of nitrogens with one attached hydrogen (secondary N) is 1. The molecule has 0 aliphatic heterocycles. The normalized spacial score (nSPS) is 10.6. The summed E-state index contributed by atoms with van der Waals surface area (Å²) in [5.41, 5.74) is 1.37. The maximum atomic E-state index is 12.2. The lowest BCUT2D eigenvalue weighted by molar-refractivity contribution is 0.104. The molecular weight excluding hydrogens is 330 g/mol. The van der Waals surface area contributed by atoms with E-state index in [1.807, 2.05) is 24.3 Å². The molecule has 0 spiro atoms. The van der Waals surface area contributed by atoms with Gasteiger partial charge in [-0.3, -0.25) is 4.79 Å². The second-order valence-corrected chi connectivity index (χ2v) is 5.67. The second-order valence-electron chi connectivity index (χ2n) is 5.67. The largest absolute Gasteiger partial charge is 0.497 e. The molecule has 2 rings (SSSR count). The van der Waals surface area contributed by atoms with Crippen LogP contribution in [0.5, 0.6) is 17.2 Å². The summed E-state index contributed by atoms with van der Waals surface area (Å²) in [4.78, 5) is 12.2. The Morgan fingerprint density at radius 1 is 1.00 bits per heavy atom. The zero-order chi connectivity index (χ0) is 18.8. The predicted octanol–water partition coefficient (Wildman–Crippen LogP) is 4.69. The Kier molecular flexibility index (Phi) is 7.55. The zero-order valence-electron chi connectivity index (χ0n) is 15.5. The van der Waals surface area contributed by atoms with Gasteiger partial charge in [0.25, 0.3) is 0 Å². The third-order valence-electron chi connectivity index (χ3n) is 3.74. The monoisotopic (exact) mass is 355 g/mol. The van der Waals surface area contributed by atoms with E-state index in [0.717, 1.165) is 24.3 Å².